The number of aryl methyl sites for hydroxylation is 2. The highest BCUT2D eigenvalue weighted by Gasteiger charge is 2.07. The number of aromatic nitrogens is 1. The molecule has 4 aromatic rings. The van der Waals surface area contributed by atoms with Crippen molar-refractivity contribution in [3.05, 3.63) is 84.1 Å². The summed E-state index contributed by atoms with van der Waals surface area (Å²) in [5.74, 6) is -0.00941. The van der Waals surface area contributed by atoms with E-state index in [1.54, 1.807) is 0 Å². The summed E-state index contributed by atoms with van der Waals surface area (Å²) in [6, 6.07) is 24.6. The number of fused-ring (bicyclic) bond motifs is 2. The van der Waals surface area contributed by atoms with E-state index < -0.39 is 0 Å². The zero-order valence-electron chi connectivity index (χ0n) is 14.9. The van der Waals surface area contributed by atoms with E-state index in [-0.39, 0.29) is 5.91 Å². The lowest BCUT2D eigenvalue weighted by atomic mass is 10.1. The monoisotopic (exact) mass is 342 g/mol. The number of amides is 1. The first-order valence-electron chi connectivity index (χ1n) is 9.04. The Morgan fingerprint density at radius 2 is 1.62 bits per heavy atom. The van der Waals surface area contributed by atoms with Gasteiger partial charge in [-0.1, -0.05) is 48.5 Å². The van der Waals surface area contributed by atoms with Crippen LogP contribution >= 0.6 is 0 Å². The predicted octanol–water partition coefficient (Wildman–Crippen LogP) is 4.92. The number of rotatable bonds is 5. The lowest BCUT2D eigenvalue weighted by molar-refractivity contribution is 0.0953. The Morgan fingerprint density at radius 3 is 2.46 bits per heavy atom. The Hall–Kier alpha value is -3.07. The van der Waals surface area contributed by atoms with Gasteiger partial charge in [-0.3, -0.25) is 4.79 Å². The third-order valence-corrected chi connectivity index (χ3v) is 4.87. The maximum Gasteiger partial charge on any atom is 0.251 e. The van der Waals surface area contributed by atoms with Gasteiger partial charge in [0.2, 0.25) is 0 Å². The molecule has 26 heavy (non-hydrogen) atoms. The highest BCUT2D eigenvalue weighted by atomic mass is 16.1. The molecule has 4 rings (SSSR count). The Balaban J connectivity index is 1.38. The molecule has 1 aromatic heterocycles. The second kappa shape index (κ2) is 7.04. The van der Waals surface area contributed by atoms with Crippen LogP contribution in [0.1, 0.15) is 22.5 Å². The van der Waals surface area contributed by atoms with Crippen molar-refractivity contribution in [2.75, 3.05) is 6.54 Å². The molecule has 0 saturated carbocycles. The maximum atomic E-state index is 12.4. The van der Waals surface area contributed by atoms with Crippen LogP contribution in [0, 0.1) is 6.92 Å². The molecule has 1 amide bonds. The molecule has 0 fully saturated rings. The summed E-state index contributed by atoms with van der Waals surface area (Å²) in [5.41, 5.74) is 3.23. The molecular weight excluding hydrogens is 320 g/mol. The van der Waals surface area contributed by atoms with Gasteiger partial charge in [0.15, 0.2) is 0 Å². The van der Waals surface area contributed by atoms with Gasteiger partial charge in [-0.2, -0.15) is 0 Å². The normalized spacial score (nSPS) is 11.1. The molecule has 0 saturated heterocycles. The number of carbonyl (C=O) groups is 1. The average molecular weight is 342 g/mol. The Bertz CT molecular complexity index is 1080. The zero-order valence-corrected chi connectivity index (χ0v) is 14.9. The molecule has 1 N–H and O–H groups in total. The second-order valence-electron chi connectivity index (χ2n) is 6.67. The number of nitrogens with one attached hydrogen (secondary N) is 1. The van der Waals surface area contributed by atoms with E-state index in [0.717, 1.165) is 23.7 Å². The predicted molar refractivity (Wildman–Crippen MR) is 108 cm³/mol. The highest BCUT2D eigenvalue weighted by molar-refractivity contribution is 5.98. The smallest absolute Gasteiger partial charge is 0.251 e. The van der Waals surface area contributed by atoms with Crippen LogP contribution in [0.5, 0.6) is 0 Å². The third kappa shape index (κ3) is 3.21. The summed E-state index contributed by atoms with van der Waals surface area (Å²) >= 11 is 0. The van der Waals surface area contributed by atoms with Crippen molar-refractivity contribution in [3.63, 3.8) is 0 Å². The number of hydrogen-bond acceptors (Lipinski definition) is 1. The first-order valence-corrected chi connectivity index (χ1v) is 9.04. The van der Waals surface area contributed by atoms with Gasteiger partial charge in [0, 0.05) is 29.9 Å². The molecule has 3 nitrogen and oxygen atoms in total. The van der Waals surface area contributed by atoms with Crippen LogP contribution in [0.4, 0.5) is 0 Å². The number of benzene rings is 3. The Kier molecular flexibility index (Phi) is 4.44. The average Bonchev–Trinajstić information content (AvgIpc) is 3.00. The van der Waals surface area contributed by atoms with E-state index in [1.807, 2.05) is 36.4 Å². The number of nitrogens with zero attached hydrogens (tertiary/aromatic N) is 1. The van der Waals surface area contributed by atoms with Crippen molar-refractivity contribution < 1.29 is 4.79 Å². The minimum atomic E-state index is -0.00941. The quantitative estimate of drug-likeness (QED) is 0.513. The first kappa shape index (κ1) is 16.4. The fraction of sp³-hybridized carbons (Fsp3) is 0.174. The summed E-state index contributed by atoms with van der Waals surface area (Å²) in [6.07, 6.45) is 0.902. The molecule has 1 heterocycles. The van der Waals surface area contributed by atoms with Gasteiger partial charge in [0.05, 0.1) is 0 Å². The standard InChI is InChI=1S/C23H22N2O/c1-17-15-20-9-4-5-10-22(20)25(17)14-6-13-24-23(26)21-12-11-18-7-2-3-8-19(18)16-21/h2-5,7-12,15-16H,6,13-14H2,1H3,(H,24,26). The minimum Gasteiger partial charge on any atom is -0.352 e. The summed E-state index contributed by atoms with van der Waals surface area (Å²) in [7, 11) is 0. The molecule has 3 heteroatoms. The molecule has 0 aliphatic rings. The molecule has 0 aliphatic carbocycles. The summed E-state index contributed by atoms with van der Waals surface area (Å²) in [6.45, 7) is 3.70. The van der Waals surface area contributed by atoms with E-state index >= 15 is 0 Å². The SMILES string of the molecule is Cc1cc2ccccc2n1CCCNC(=O)c1ccc2ccccc2c1. The molecule has 0 radical (unpaired) electrons. The van der Waals surface area contributed by atoms with E-state index in [4.69, 9.17) is 0 Å². The topological polar surface area (TPSA) is 34.0 Å². The van der Waals surface area contributed by atoms with Crippen LogP contribution in [0.3, 0.4) is 0 Å². The molecule has 0 atom stereocenters. The Labute approximate surface area is 153 Å². The largest absolute Gasteiger partial charge is 0.352 e. The summed E-state index contributed by atoms with van der Waals surface area (Å²) in [4.78, 5) is 12.4. The van der Waals surface area contributed by atoms with Crippen LogP contribution in [-0.4, -0.2) is 17.0 Å². The van der Waals surface area contributed by atoms with Crippen molar-refractivity contribution in [3.8, 4) is 0 Å². The number of carbonyl (C=O) groups excluding carboxylic acids is 1. The van der Waals surface area contributed by atoms with Gasteiger partial charge in [0.25, 0.3) is 5.91 Å². The van der Waals surface area contributed by atoms with Gasteiger partial charge < -0.3 is 9.88 Å². The summed E-state index contributed by atoms with van der Waals surface area (Å²) in [5, 5.41) is 6.55. The fourth-order valence-corrected chi connectivity index (χ4v) is 3.52. The molecule has 3 aromatic carbocycles. The van der Waals surface area contributed by atoms with E-state index in [0.29, 0.717) is 12.1 Å². The van der Waals surface area contributed by atoms with Crippen molar-refractivity contribution in [2.24, 2.45) is 0 Å². The maximum absolute atomic E-state index is 12.4. The van der Waals surface area contributed by atoms with Crippen molar-refractivity contribution in [2.45, 2.75) is 19.9 Å². The number of hydrogen-bond donors (Lipinski definition) is 1. The van der Waals surface area contributed by atoms with Crippen LogP contribution in [0.25, 0.3) is 21.7 Å². The van der Waals surface area contributed by atoms with E-state index in [2.05, 4.69) is 53.2 Å². The zero-order chi connectivity index (χ0) is 17.9. The lowest BCUT2D eigenvalue weighted by Crippen LogP contribution is -2.25. The van der Waals surface area contributed by atoms with Crippen LogP contribution in [0.15, 0.2) is 72.8 Å². The van der Waals surface area contributed by atoms with E-state index in [9.17, 15) is 4.79 Å². The van der Waals surface area contributed by atoms with Gasteiger partial charge in [0.1, 0.15) is 0 Å². The van der Waals surface area contributed by atoms with Crippen LogP contribution in [-0.2, 0) is 6.54 Å². The number of para-hydroxylation sites is 1. The molecular formula is C23H22N2O. The Morgan fingerprint density at radius 1 is 0.885 bits per heavy atom. The third-order valence-electron chi connectivity index (χ3n) is 4.87. The van der Waals surface area contributed by atoms with Crippen molar-refractivity contribution in [1.82, 2.24) is 9.88 Å². The molecule has 0 unspecified atom stereocenters. The van der Waals surface area contributed by atoms with E-state index in [1.165, 1.54) is 16.6 Å². The minimum absolute atomic E-state index is 0.00941. The van der Waals surface area contributed by atoms with Gasteiger partial charge in [-0.15, -0.1) is 0 Å². The van der Waals surface area contributed by atoms with Crippen molar-refractivity contribution in [1.29, 1.82) is 0 Å². The fourth-order valence-electron chi connectivity index (χ4n) is 3.52. The van der Waals surface area contributed by atoms with Gasteiger partial charge in [-0.25, -0.2) is 0 Å². The molecule has 0 bridgehead atoms. The van der Waals surface area contributed by atoms with Crippen LogP contribution < -0.4 is 5.32 Å². The molecule has 130 valence electrons. The van der Waals surface area contributed by atoms with Crippen molar-refractivity contribution >= 4 is 27.6 Å². The first-order chi connectivity index (χ1) is 12.7. The van der Waals surface area contributed by atoms with Gasteiger partial charge >= 0.3 is 0 Å². The molecule has 0 aliphatic heterocycles. The van der Waals surface area contributed by atoms with Crippen LogP contribution in [0.2, 0.25) is 0 Å². The second-order valence-corrected chi connectivity index (χ2v) is 6.67. The summed E-state index contributed by atoms with van der Waals surface area (Å²) < 4.78 is 2.32. The highest BCUT2D eigenvalue weighted by Crippen LogP contribution is 2.19. The lowest BCUT2D eigenvalue weighted by Gasteiger charge is -2.10. The van der Waals surface area contributed by atoms with Gasteiger partial charge in [-0.05, 0) is 53.8 Å². The molecule has 0 spiro atoms.